The second kappa shape index (κ2) is 13.5. The van der Waals surface area contributed by atoms with Crippen molar-refractivity contribution in [3.8, 4) is 5.69 Å². The van der Waals surface area contributed by atoms with E-state index in [1.165, 1.54) is 4.90 Å². The molecule has 2 aromatic carbocycles. The Hall–Kier alpha value is -5.28. The number of carbonyl (C=O) groups is 3. The zero-order chi connectivity index (χ0) is 35.9. The Balaban J connectivity index is 1.17. The molecule has 0 unspecified atom stereocenters. The summed E-state index contributed by atoms with van der Waals surface area (Å²) in [6, 6.07) is 16.3. The van der Waals surface area contributed by atoms with Crippen LogP contribution in [0.15, 0.2) is 84.7 Å². The number of amides is 3. The van der Waals surface area contributed by atoms with E-state index in [0.29, 0.717) is 35.3 Å². The molecule has 7 rings (SSSR count). The zero-order valence-corrected chi connectivity index (χ0v) is 28.1. The highest BCUT2D eigenvalue weighted by Gasteiger charge is 2.49. The van der Waals surface area contributed by atoms with E-state index in [-0.39, 0.29) is 29.1 Å². The van der Waals surface area contributed by atoms with E-state index in [1.54, 1.807) is 23.9 Å². The summed E-state index contributed by atoms with van der Waals surface area (Å²) in [6.07, 6.45) is -0.704. The molecule has 266 valence electrons. The van der Waals surface area contributed by atoms with Gasteiger partial charge in [0.1, 0.15) is 17.6 Å². The molecular formula is C36H37F3N8O4. The van der Waals surface area contributed by atoms with E-state index in [1.807, 2.05) is 61.5 Å². The van der Waals surface area contributed by atoms with Crippen LogP contribution in [0.4, 0.5) is 19.0 Å². The number of hydrogen-bond acceptors (Lipinski definition) is 7. The van der Waals surface area contributed by atoms with Gasteiger partial charge in [0.15, 0.2) is 0 Å². The van der Waals surface area contributed by atoms with E-state index in [0.717, 1.165) is 43.6 Å². The summed E-state index contributed by atoms with van der Waals surface area (Å²) in [7, 11) is 0. The monoisotopic (exact) mass is 702 g/mol. The lowest BCUT2D eigenvalue weighted by Gasteiger charge is -2.55. The lowest BCUT2D eigenvalue weighted by atomic mass is 9.78. The van der Waals surface area contributed by atoms with Gasteiger partial charge in [0.05, 0.1) is 25.1 Å². The number of nitrogens with zero attached hydrogens (tertiary/aromatic N) is 6. The van der Waals surface area contributed by atoms with Crippen molar-refractivity contribution >= 4 is 23.5 Å². The number of likely N-dealkylation sites (N-methyl/N-ethyl adjacent to an activating group) is 1. The number of nitrogens with one attached hydrogen (secondary N) is 2. The Morgan fingerprint density at radius 2 is 1.84 bits per heavy atom. The SMILES string of the molecule is C/C=C(\CN1CC2(COC2)C1)C(=O)NCc1cccc([C@@H]2c3cnn(-c4ccccc4)c3N(CC)C(=O)[C@H]2NC(=O)c2ccn(C(F)(F)F)n2)c1. The number of hydrogen-bond donors (Lipinski definition) is 2. The van der Waals surface area contributed by atoms with Gasteiger partial charge in [0.2, 0.25) is 5.91 Å². The second-order valence-electron chi connectivity index (χ2n) is 13.2. The first-order valence-corrected chi connectivity index (χ1v) is 16.7. The molecule has 2 N–H and O–H groups in total. The predicted octanol–water partition coefficient (Wildman–Crippen LogP) is 3.74. The Bertz CT molecular complexity index is 1980. The largest absolute Gasteiger partial charge is 0.504 e. The fourth-order valence-corrected chi connectivity index (χ4v) is 7.14. The van der Waals surface area contributed by atoms with Crippen molar-refractivity contribution < 1.29 is 32.3 Å². The highest BCUT2D eigenvalue weighted by atomic mass is 19.4. The highest BCUT2D eigenvalue weighted by Crippen LogP contribution is 2.42. The first-order chi connectivity index (χ1) is 24.5. The van der Waals surface area contributed by atoms with Crippen LogP contribution >= 0.6 is 0 Å². The molecule has 0 aliphatic carbocycles. The molecule has 3 amide bonds. The van der Waals surface area contributed by atoms with Gasteiger partial charge >= 0.3 is 6.30 Å². The minimum absolute atomic E-state index is 0.185. The summed E-state index contributed by atoms with van der Waals surface area (Å²) >= 11 is 0. The minimum Gasteiger partial charge on any atom is -0.380 e. The van der Waals surface area contributed by atoms with Crippen LogP contribution in [0.25, 0.3) is 5.69 Å². The average molecular weight is 703 g/mol. The van der Waals surface area contributed by atoms with Crippen molar-refractivity contribution in [3.63, 3.8) is 0 Å². The first-order valence-electron chi connectivity index (χ1n) is 16.7. The Kier molecular flexibility index (Phi) is 9.01. The maximum absolute atomic E-state index is 14.3. The van der Waals surface area contributed by atoms with Crippen LogP contribution < -0.4 is 15.5 Å². The standard InChI is InChI=1S/C36H37F3N8O4/c1-3-24(18-44-19-35(20-44)21-51-22-35)31(48)40-16-23-9-8-10-25(15-23)29-27-17-41-47(26-11-6-5-7-12-26)33(27)45(4-2)34(50)30(29)42-32(49)28-13-14-46(43-28)36(37,38)39/h3,5-15,17,29-30H,4,16,18-22H2,1-2H3,(H,40,48)(H,42,49)/b24-3+/t29-,30+/m1/s1. The molecule has 0 bridgehead atoms. The van der Waals surface area contributed by atoms with Crippen LogP contribution in [0.5, 0.6) is 0 Å². The lowest BCUT2D eigenvalue weighted by molar-refractivity contribution is -0.212. The van der Waals surface area contributed by atoms with E-state index in [2.05, 4.69) is 25.7 Å². The van der Waals surface area contributed by atoms with Gasteiger partial charge < -0.3 is 15.4 Å². The predicted molar refractivity (Wildman–Crippen MR) is 180 cm³/mol. The third-order valence-corrected chi connectivity index (χ3v) is 9.64. The molecule has 0 radical (unpaired) electrons. The van der Waals surface area contributed by atoms with Crippen LogP contribution in [-0.2, 0) is 27.2 Å². The van der Waals surface area contributed by atoms with Crippen LogP contribution in [-0.4, -0.2) is 87.6 Å². The number of ether oxygens (including phenoxy) is 1. The van der Waals surface area contributed by atoms with Crippen LogP contribution in [0, 0.1) is 5.41 Å². The number of likely N-dealkylation sites (tertiary alicyclic amines) is 1. The number of aromatic nitrogens is 4. The third-order valence-electron chi connectivity index (χ3n) is 9.64. The molecule has 4 aromatic rings. The van der Waals surface area contributed by atoms with Gasteiger partial charge in [-0.3, -0.25) is 24.2 Å². The molecule has 1 spiro atoms. The summed E-state index contributed by atoms with van der Waals surface area (Å²) in [6.45, 7) is 7.94. The second-order valence-corrected chi connectivity index (χ2v) is 13.2. The minimum atomic E-state index is -4.81. The van der Waals surface area contributed by atoms with Crippen molar-refractivity contribution in [3.05, 3.63) is 107 Å². The molecule has 51 heavy (non-hydrogen) atoms. The Morgan fingerprint density at radius 1 is 1.08 bits per heavy atom. The van der Waals surface area contributed by atoms with Gasteiger partial charge in [-0.15, -0.1) is 13.2 Å². The van der Waals surface area contributed by atoms with Gasteiger partial charge in [0.25, 0.3) is 11.8 Å². The molecule has 3 aliphatic heterocycles. The van der Waals surface area contributed by atoms with E-state index in [9.17, 15) is 27.6 Å². The van der Waals surface area contributed by atoms with E-state index in [4.69, 9.17) is 4.74 Å². The molecule has 2 fully saturated rings. The number of carbonyl (C=O) groups excluding carboxylic acids is 3. The molecule has 2 aromatic heterocycles. The molecule has 0 saturated carbocycles. The smallest absolute Gasteiger partial charge is 0.380 e. The van der Waals surface area contributed by atoms with Crippen molar-refractivity contribution in [1.82, 2.24) is 35.1 Å². The quantitative estimate of drug-likeness (QED) is 0.241. The third kappa shape index (κ3) is 6.54. The van der Waals surface area contributed by atoms with Crippen LogP contribution in [0.1, 0.15) is 46.9 Å². The number of fused-ring (bicyclic) bond motifs is 1. The van der Waals surface area contributed by atoms with Gasteiger partial charge in [-0.05, 0) is 43.2 Å². The Labute approximate surface area is 291 Å². The number of para-hydroxylation sites is 1. The molecule has 15 heteroatoms. The summed E-state index contributed by atoms with van der Waals surface area (Å²) in [5.41, 5.74) is 3.16. The molecule has 2 saturated heterocycles. The first kappa shape index (κ1) is 34.2. The van der Waals surface area contributed by atoms with Crippen molar-refractivity contribution in [1.29, 1.82) is 0 Å². The highest BCUT2D eigenvalue weighted by molar-refractivity contribution is 6.04. The van der Waals surface area contributed by atoms with Crippen molar-refractivity contribution in [2.45, 2.75) is 38.7 Å². The van der Waals surface area contributed by atoms with Gasteiger partial charge in [-0.25, -0.2) is 4.68 Å². The number of allylic oxidation sites excluding steroid dienone is 1. The molecule has 12 nitrogen and oxygen atoms in total. The fraction of sp³-hybridized carbons (Fsp3) is 0.361. The van der Waals surface area contributed by atoms with E-state index < -0.39 is 35.8 Å². The van der Waals surface area contributed by atoms with Gasteiger partial charge in [0, 0.05) is 61.4 Å². The molecule has 2 atom stereocenters. The molecular weight excluding hydrogens is 665 g/mol. The number of anilines is 1. The zero-order valence-electron chi connectivity index (χ0n) is 28.1. The Morgan fingerprint density at radius 3 is 2.49 bits per heavy atom. The van der Waals surface area contributed by atoms with Crippen LogP contribution in [0.3, 0.4) is 0 Å². The number of rotatable bonds is 10. The fourth-order valence-electron chi connectivity index (χ4n) is 7.14. The maximum Gasteiger partial charge on any atom is 0.504 e. The average Bonchev–Trinajstić information content (AvgIpc) is 3.76. The summed E-state index contributed by atoms with van der Waals surface area (Å²) in [4.78, 5) is 44.6. The maximum atomic E-state index is 14.3. The molecule has 3 aliphatic rings. The topological polar surface area (TPSA) is 127 Å². The summed E-state index contributed by atoms with van der Waals surface area (Å²) < 4.78 is 46.6. The summed E-state index contributed by atoms with van der Waals surface area (Å²) in [5.74, 6) is -1.85. The van der Waals surface area contributed by atoms with Crippen molar-refractivity contribution in [2.75, 3.05) is 44.3 Å². The number of benzene rings is 2. The van der Waals surface area contributed by atoms with Gasteiger partial charge in [-0.1, -0.05) is 48.5 Å². The van der Waals surface area contributed by atoms with Gasteiger partial charge in [-0.2, -0.15) is 14.9 Å². The number of alkyl halides is 3. The van der Waals surface area contributed by atoms with Crippen LogP contribution in [0.2, 0.25) is 0 Å². The summed E-state index contributed by atoms with van der Waals surface area (Å²) in [5, 5.41) is 13.7. The number of halogens is 3. The van der Waals surface area contributed by atoms with Crippen molar-refractivity contribution in [2.24, 2.45) is 5.41 Å². The lowest BCUT2D eigenvalue weighted by Crippen LogP contribution is -2.66. The van der Waals surface area contributed by atoms with E-state index >= 15 is 0 Å². The molecule has 5 heterocycles. The normalized spacial score (nSPS) is 20.1.